The topological polar surface area (TPSA) is 87.7 Å². The van der Waals surface area contributed by atoms with Crippen molar-refractivity contribution in [2.45, 2.75) is 45.6 Å². The summed E-state index contributed by atoms with van der Waals surface area (Å²) in [6, 6.07) is -0.371. The fourth-order valence-corrected chi connectivity index (χ4v) is 2.02. The molecule has 110 valence electrons. The molecule has 6 heteroatoms. The summed E-state index contributed by atoms with van der Waals surface area (Å²) in [4.78, 5) is 22.1. The fraction of sp³-hybridized carbons (Fsp3) is 0.846. The number of urea groups is 1. The Bertz CT molecular complexity index is 314. The van der Waals surface area contributed by atoms with Crippen LogP contribution in [0.3, 0.4) is 0 Å². The molecule has 3 N–H and O–H groups in total. The van der Waals surface area contributed by atoms with Crippen LogP contribution in [0, 0.1) is 5.41 Å². The van der Waals surface area contributed by atoms with Crippen LogP contribution in [0.2, 0.25) is 0 Å². The smallest absolute Gasteiger partial charge is 0.315 e. The molecule has 0 aromatic rings. The highest BCUT2D eigenvalue weighted by Crippen LogP contribution is 2.28. The van der Waals surface area contributed by atoms with Gasteiger partial charge in [0.05, 0.1) is 0 Å². The van der Waals surface area contributed by atoms with E-state index in [2.05, 4.69) is 17.6 Å². The quantitative estimate of drug-likeness (QED) is 0.681. The molecule has 1 fully saturated rings. The summed E-state index contributed by atoms with van der Waals surface area (Å²) in [5.74, 6) is -0.844. The van der Waals surface area contributed by atoms with Crippen molar-refractivity contribution in [3.05, 3.63) is 0 Å². The molecule has 0 bridgehead atoms. The Morgan fingerprint density at radius 1 is 1.37 bits per heavy atom. The standard InChI is InChI=1S/C13H24N2O4/c1-10(3-4-11(16)17)15-12(18)14-9-13(2)5-7-19-8-6-13/h10H,3-9H2,1-2H3,(H,16,17)(H2,14,15,18). The molecule has 1 saturated heterocycles. The van der Waals surface area contributed by atoms with Crippen LogP contribution in [0.4, 0.5) is 4.79 Å². The molecule has 0 aliphatic carbocycles. The largest absolute Gasteiger partial charge is 0.481 e. The number of carboxylic acid groups (broad SMARTS) is 1. The van der Waals surface area contributed by atoms with Crippen molar-refractivity contribution in [3.8, 4) is 0 Å². The molecule has 0 radical (unpaired) electrons. The number of rotatable bonds is 6. The third-order valence-electron chi connectivity index (χ3n) is 3.54. The van der Waals surface area contributed by atoms with E-state index >= 15 is 0 Å². The lowest BCUT2D eigenvalue weighted by Gasteiger charge is -2.33. The van der Waals surface area contributed by atoms with Gasteiger partial charge in [-0.05, 0) is 31.6 Å². The number of carbonyl (C=O) groups is 2. The van der Waals surface area contributed by atoms with Crippen molar-refractivity contribution < 1.29 is 19.4 Å². The van der Waals surface area contributed by atoms with E-state index in [1.54, 1.807) is 6.92 Å². The van der Waals surface area contributed by atoms with Crippen molar-refractivity contribution in [2.24, 2.45) is 5.41 Å². The molecular weight excluding hydrogens is 248 g/mol. The Morgan fingerprint density at radius 3 is 2.58 bits per heavy atom. The lowest BCUT2D eigenvalue weighted by atomic mass is 9.82. The molecule has 0 spiro atoms. The summed E-state index contributed by atoms with van der Waals surface area (Å²) in [6.07, 6.45) is 2.40. The summed E-state index contributed by atoms with van der Waals surface area (Å²) >= 11 is 0. The van der Waals surface area contributed by atoms with Crippen molar-refractivity contribution in [1.82, 2.24) is 10.6 Å². The Balaban J connectivity index is 2.21. The number of nitrogens with one attached hydrogen (secondary N) is 2. The minimum Gasteiger partial charge on any atom is -0.481 e. The zero-order valence-corrected chi connectivity index (χ0v) is 11.7. The molecule has 6 nitrogen and oxygen atoms in total. The molecule has 1 rings (SSSR count). The second-order valence-corrected chi connectivity index (χ2v) is 5.58. The molecule has 2 amide bonds. The van der Waals surface area contributed by atoms with Gasteiger partial charge in [-0.15, -0.1) is 0 Å². The van der Waals surface area contributed by atoms with Gasteiger partial charge in [0.25, 0.3) is 0 Å². The van der Waals surface area contributed by atoms with Gasteiger partial charge in [-0.2, -0.15) is 0 Å². The predicted octanol–water partition coefficient (Wildman–Crippen LogP) is 1.36. The molecule has 1 atom stereocenters. The van der Waals surface area contributed by atoms with Crippen molar-refractivity contribution in [3.63, 3.8) is 0 Å². The number of hydrogen-bond acceptors (Lipinski definition) is 3. The highest BCUT2D eigenvalue weighted by atomic mass is 16.5. The number of ether oxygens (including phenoxy) is 1. The molecule has 0 aromatic carbocycles. The molecule has 1 aliphatic rings. The van der Waals surface area contributed by atoms with E-state index in [0.29, 0.717) is 13.0 Å². The highest BCUT2D eigenvalue weighted by Gasteiger charge is 2.27. The van der Waals surface area contributed by atoms with Crippen LogP contribution in [-0.2, 0) is 9.53 Å². The van der Waals surface area contributed by atoms with Crippen molar-refractivity contribution >= 4 is 12.0 Å². The van der Waals surface area contributed by atoms with Gasteiger partial charge in [0.15, 0.2) is 0 Å². The van der Waals surface area contributed by atoms with E-state index in [0.717, 1.165) is 26.1 Å². The first-order valence-electron chi connectivity index (χ1n) is 6.75. The van der Waals surface area contributed by atoms with Crippen LogP contribution in [0.15, 0.2) is 0 Å². The SMILES string of the molecule is CC(CCC(=O)O)NC(=O)NCC1(C)CCOCC1. The van der Waals surface area contributed by atoms with Gasteiger partial charge < -0.3 is 20.5 Å². The van der Waals surface area contributed by atoms with E-state index in [1.807, 2.05) is 0 Å². The highest BCUT2D eigenvalue weighted by molar-refractivity contribution is 5.74. The summed E-state index contributed by atoms with van der Waals surface area (Å²) in [5.41, 5.74) is 0.0971. The Labute approximate surface area is 113 Å². The number of carboxylic acids is 1. The fourth-order valence-electron chi connectivity index (χ4n) is 2.02. The number of carbonyl (C=O) groups excluding carboxylic acids is 1. The molecule has 0 saturated carbocycles. The van der Waals surface area contributed by atoms with E-state index in [1.165, 1.54) is 0 Å². The van der Waals surface area contributed by atoms with Gasteiger partial charge in [0.1, 0.15) is 0 Å². The summed E-state index contributed by atoms with van der Waals surface area (Å²) in [6.45, 7) is 6.06. The van der Waals surface area contributed by atoms with Crippen LogP contribution >= 0.6 is 0 Å². The van der Waals surface area contributed by atoms with E-state index in [9.17, 15) is 9.59 Å². The second-order valence-electron chi connectivity index (χ2n) is 5.58. The van der Waals surface area contributed by atoms with Gasteiger partial charge in [-0.25, -0.2) is 4.79 Å². The lowest BCUT2D eigenvalue weighted by molar-refractivity contribution is -0.137. The third kappa shape index (κ3) is 6.42. The Kier molecular flexibility index (Phi) is 6.08. The summed E-state index contributed by atoms with van der Waals surface area (Å²) in [5, 5.41) is 14.2. The zero-order chi connectivity index (χ0) is 14.3. The van der Waals surface area contributed by atoms with Crippen LogP contribution in [-0.4, -0.2) is 42.9 Å². The van der Waals surface area contributed by atoms with Gasteiger partial charge in [0.2, 0.25) is 0 Å². The van der Waals surface area contributed by atoms with E-state index in [-0.39, 0.29) is 23.9 Å². The molecule has 1 unspecified atom stereocenters. The second kappa shape index (κ2) is 7.33. The molecular formula is C13H24N2O4. The minimum absolute atomic E-state index is 0.0660. The number of aliphatic carboxylic acids is 1. The average Bonchev–Trinajstić information content (AvgIpc) is 2.35. The number of hydrogen-bond donors (Lipinski definition) is 3. The van der Waals surface area contributed by atoms with Crippen molar-refractivity contribution in [1.29, 1.82) is 0 Å². The maximum Gasteiger partial charge on any atom is 0.315 e. The van der Waals surface area contributed by atoms with Crippen LogP contribution in [0.1, 0.15) is 39.5 Å². The van der Waals surface area contributed by atoms with Gasteiger partial charge >= 0.3 is 12.0 Å². The first-order valence-corrected chi connectivity index (χ1v) is 6.75. The van der Waals surface area contributed by atoms with E-state index < -0.39 is 5.97 Å². The maximum atomic E-state index is 11.7. The summed E-state index contributed by atoms with van der Waals surface area (Å²) in [7, 11) is 0. The van der Waals surface area contributed by atoms with Crippen molar-refractivity contribution in [2.75, 3.05) is 19.8 Å². The molecule has 1 heterocycles. The Morgan fingerprint density at radius 2 is 2.00 bits per heavy atom. The predicted molar refractivity (Wildman–Crippen MR) is 71.0 cm³/mol. The average molecular weight is 272 g/mol. The molecule has 19 heavy (non-hydrogen) atoms. The van der Waals surface area contributed by atoms with Crippen LogP contribution < -0.4 is 10.6 Å². The van der Waals surface area contributed by atoms with Crippen LogP contribution in [0.5, 0.6) is 0 Å². The van der Waals surface area contributed by atoms with Crippen LogP contribution in [0.25, 0.3) is 0 Å². The molecule has 1 aliphatic heterocycles. The van der Waals surface area contributed by atoms with Gasteiger partial charge in [0, 0.05) is 32.2 Å². The van der Waals surface area contributed by atoms with E-state index in [4.69, 9.17) is 9.84 Å². The number of amides is 2. The van der Waals surface area contributed by atoms with Gasteiger partial charge in [-0.1, -0.05) is 6.92 Å². The first-order chi connectivity index (χ1) is 8.91. The monoisotopic (exact) mass is 272 g/mol. The summed E-state index contributed by atoms with van der Waals surface area (Å²) < 4.78 is 5.31. The first kappa shape index (κ1) is 15.8. The molecule has 0 aromatic heterocycles. The third-order valence-corrected chi connectivity index (χ3v) is 3.54. The minimum atomic E-state index is -0.844. The Hall–Kier alpha value is -1.30. The normalized spacial score (nSPS) is 19.5. The zero-order valence-electron chi connectivity index (χ0n) is 11.7. The van der Waals surface area contributed by atoms with Gasteiger partial charge in [-0.3, -0.25) is 4.79 Å². The lowest BCUT2D eigenvalue weighted by Crippen LogP contribution is -2.46. The maximum absolute atomic E-state index is 11.7.